The monoisotopic (exact) mass is 258 g/mol. The normalized spacial score (nSPS) is 10.5. The van der Waals surface area contributed by atoms with Crippen LogP contribution in [0.25, 0.3) is 4.24 Å². The molecule has 0 atom stereocenters. The first kappa shape index (κ1) is 14.8. The van der Waals surface area contributed by atoms with Crippen LogP contribution in [0.5, 0.6) is 0 Å². The van der Waals surface area contributed by atoms with Gasteiger partial charge in [-0.2, -0.15) is 0 Å². The molecule has 76 valence electrons. The SMILES string of the molecule is O=[N+]([O-])c1ccccc1S(=O)(=O)[N-]Cl.[Na+]. The Morgan fingerprint density at radius 3 is 2.33 bits per heavy atom. The van der Waals surface area contributed by atoms with Gasteiger partial charge in [0.15, 0.2) is 0 Å². The fourth-order valence-corrected chi connectivity index (χ4v) is 1.82. The van der Waals surface area contributed by atoms with E-state index < -0.39 is 25.5 Å². The molecule has 1 rings (SSSR count). The first-order valence-electron chi connectivity index (χ1n) is 3.31. The first-order chi connectivity index (χ1) is 6.49. The van der Waals surface area contributed by atoms with E-state index >= 15 is 0 Å². The maximum atomic E-state index is 11.1. The predicted molar refractivity (Wildman–Crippen MR) is 49.5 cm³/mol. The molecule has 0 aromatic heterocycles. The average molecular weight is 259 g/mol. The summed E-state index contributed by atoms with van der Waals surface area (Å²) in [6.07, 6.45) is 0. The van der Waals surface area contributed by atoms with Crippen LogP contribution in [0.3, 0.4) is 0 Å². The summed E-state index contributed by atoms with van der Waals surface area (Å²) in [6.45, 7) is 0. The molecule has 0 amide bonds. The first-order valence-corrected chi connectivity index (χ1v) is 5.08. The number of nitro benzene ring substituents is 1. The molecule has 1 aromatic carbocycles. The van der Waals surface area contributed by atoms with Crippen molar-refractivity contribution in [1.29, 1.82) is 0 Å². The molecule has 0 aliphatic carbocycles. The van der Waals surface area contributed by atoms with E-state index in [0.717, 1.165) is 12.1 Å². The Morgan fingerprint density at radius 1 is 1.33 bits per heavy atom. The van der Waals surface area contributed by atoms with Gasteiger partial charge < -0.3 is 4.24 Å². The van der Waals surface area contributed by atoms with Gasteiger partial charge in [-0.3, -0.25) is 21.9 Å². The molecule has 0 aliphatic rings. The van der Waals surface area contributed by atoms with Gasteiger partial charge in [0.1, 0.15) is 14.9 Å². The molecule has 0 radical (unpaired) electrons. The molecular weight excluding hydrogens is 255 g/mol. The second kappa shape index (κ2) is 5.78. The maximum Gasteiger partial charge on any atom is 1.00 e. The second-order valence-electron chi connectivity index (χ2n) is 2.27. The molecule has 0 fully saturated rings. The van der Waals surface area contributed by atoms with Crippen LogP contribution in [0.15, 0.2) is 29.2 Å². The number of benzene rings is 1. The third kappa shape index (κ3) is 3.40. The molecule has 0 saturated carbocycles. The Morgan fingerprint density at radius 2 is 1.87 bits per heavy atom. The van der Waals surface area contributed by atoms with Crippen molar-refractivity contribution < 1.29 is 42.9 Å². The van der Waals surface area contributed by atoms with Crippen LogP contribution in [0.2, 0.25) is 0 Å². The van der Waals surface area contributed by atoms with Crippen molar-refractivity contribution in [2.24, 2.45) is 0 Å². The molecule has 0 saturated heterocycles. The fraction of sp³-hybridized carbons (Fsp3) is 0. The predicted octanol–water partition coefficient (Wildman–Crippen LogP) is -1.19. The van der Waals surface area contributed by atoms with Crippen LogP contribution < -0.4 is 29.6 Å². The van der Waals surface area contributed by atoms with Gasteiger partial charge in [-0.25, -0.2) is 8.42 Å². The second-order valence-corrected chi connectivity index (χ2v) is 4.21. The van der Waals surface area contributed by atoms with E-state index in [0.29, 0.717) is 0 Å². The zero-order valence-electron chi connectivity index (χ0n) is 7.62. The van der Waals surface area contributed by atoms with Gasteiger partial charge in [0.2, 0.25) is 0 Å². The Bertz CT molecular complexity index is 464. The van der Waals surface area contributed by atoms with Crippen molar-refractivity contribution in [3.8, 4) is 0 Å². The van der Waals surface area contributed by atoms with E-state index in [4.69, 9.17) is 11.8 Å². The van der Waals surface area contributed by atoms with E-state index in [1.807, 2.05) is 0 Å². The summed E-state index contributed by atoms with van der Waals surface area (Å²) < 4.78 is 24.8. The summed E-state index contributed by atoms with van der Waals surface area (Å²) in [4.78, 5) is 9.12. The van der Waals surface area contributed by atoms with Crippen LogP contribution in [0, 0.1) is 10.1 Å². The molecule has 1 aromatic rings. The van der Waals surface area contributed by atoms with E-state index in [2.05, 4.69) is 4.24 Å². The van der Waals surface area contributed by atoms with Gasteiger partial charge in [-0.1, -0.05) is 12.1 Å². The molecule has 0 unspecified atom stereocenters. The summed E-state index contributed by atoms with van der Waals surface area (Å²) >= 11 is 4.82. The number of nitro groups is 1. The number of rotatable bonds is 3. The Balaban J connectivity index is 0.00000196. The van der Waals surface area contributed by atoms with Crippen molar-refractivity contribution in [3.63, 3.8) is 0 Å². The van der Waals surface area contributed by atoms with E-state index in [1.54, 1.807) is 0 Å². The number of hydrogen-bond acceptors (Lipinski definition) is 4. The quantitative estimate of drug-likeness (QED) is 0.387. The average Bonchev–Trinajstić information content (AvgIpc) is 2.18. The number of halogens is 1. The van der Waals surface area contributed by atoms with Crippen LogP contribution in [0.4, 0.5) is 5.69 Å². The summed E-state index contributed by atoms with van der Waals surface area (Å²) in [5, 5.41) is 10.4. The van der Waals surface area contributed by atoms with Gasteiger partial charge in [0, 0.05) is 6.07 Å². The molecule has 9 heteroatoms. The minimum Gasteiger partial charge on any atom is -0.458 e. The van der Waals surface area contributed by atoms with Crippen molar-refractivity contribution in [2.45, 2.75) is 4.90 Å². The summed E-state index contributed by atoms with van der Waals surface area (Å²) in [5.41, 5.74) is -0.545. The largest absolute Gasteiger partial charge is 1.00 e. The molecule has 6 nitrogen and oxygen atoms in total. The van der Waals surface area contributed by atoms with E-state index in [-0.39, 0.29) is 29.6 Å². The van der Waals surface area contributed by atoms with Crippen LogP contribution >= 0.6 is 11.8 Å². The molecular formula is C6H4ClN2NaO4S. The maximum absolute atomic E-state index is 11.1. The summed E-state index contributed by atoms with van der Waals surface area (Å²) in [6, 6.07) is 4.83. The fourth-order valence-electron chi connectivity index (χ4n) is 0.863. The van der Waals surface area contributed by atoms with E-state index in [1.165, 1.54) is 12.1 Å². The van der Waals surface area contributed by atoms with Crippen molar-refractivity contribution >= 4 is 27.5 Å². The van der Waals surface area contributed by atoms with Crippen LogP contribution in [-0.4, -0.2) is 13.3 Å². The standard InChI is InChI=1S/C6H4ClN2O4S.Na/c7-8-14(12,13)6-4-2-1-3-5(6)9(10)11;/h1-4H;/q-1;+1. The molecule has 0 spiro atoms. The Labute approximate surface area is 113 Å². The summed E-state index contributed by atoms with van der Waals surface area (Å²) in [7, 11) is -4.13. The number of sulfonamides is 1. The van der Waals surface area contributed by atoms with Crippen LogP contribution in [-0.2, 0) is 10.0 Å². The van der Waals surface area contributed by atoms with Crippen molar-refractivity contribution in [3.05, 3.63) is 38.6 Å². The smallest absolute Gasteiger partial charge is 0.458 e. The summed E-state index contributed by atoms with van der Waals surface area (Å²) in [5.74, 6) is 0. The molecule has 0 aliphatic heterocycles. The van der Waals surface area contributed by atoms with Crippen molar-refractivity contribution in [1.82, 2.24) is 0 Å². The van der Waals surface area contributed by atoms with Gasteiger partial charge in [0.05, 0.1) is 4.92 Å². The van der Waals surface area contributed by atoms with Gasteiger partial charge in [-0.15, -0.1) is 0 Å². The Kier molecular flexibility index (Phi) is 5.71. The van der Waals surface area contributed by atoms with E-state index in [9.17, 15) is 18.5 Å². The number of para-hydroxylation sites is 1. The zero-order chi connectivity index (χ0) is 10.8. The van der Waals surface area contributed by atoms with Crippen molar-refractivity contribution in [2.75, 3.05) is 0 Å². The number of nitrogens with zero attached hydrogens (tertiary/aromatic N) is 2. The topological polar surface area (TPSA) is 91.4 Å². The minimum absolute atomic E-state index is 0. The van der Waals surface area contributed by atoms with Gasteiger partial charge in [0.25, 0.3) is 5.69 Å². The zero-order valence-corrected chi connectivity index (χ0v) is 11.2. The minimum atomic E-state index is -4.13. The third-order valence-corrected chi connectivity index (χ3v) is 3.06. The molecule has 0 heterocycles. The molecule has 0 bridgehead atoms. The van der Waals surface area contributed by atoms with Gasteiger partial charge in [-0.05, 0) is 6.07 Å². The van der Waals surface area contributed by atoms with Crippen LogP contribution in [0.1, 0.15) is 0 Å². The third-order valence-electron chi connectivity index (χ3n) is 1.43. The van der Waals surface area contributed by atoms with Gasteiger partial charge >= 0.3 is 29.6 Å². The Hall–Kier alpha value is -0.180. The number of hydrogen-bond donors (Lipinski definition) is 0. The molecule has 0 N–H and O–H groups in total. The molecule has 15 heavy (non-hydrogen) atoms.